The molecule has 4 atom stereocenters. The Morgan fingerprint density at radius 1 is 1.00 bits per heavy atom. The van der Waals surface area contributed by atoms with E-state index in [0.717, 1.165) is 25.7 Å². The van der Waals surface area contributed by atoms with Gasteiger partial charge < -0.3 is 31.7 Å². The molecule has 0 radical (unpaired) electrons. The first kappa shape index (κ1) is 37.6. The van der Waals surface area contributed by atoms with Crippen LogP contribution >= 0.6 is 11.8 Å². The van der Waals surface area contributed by atoms with Crippen molar-refractivity contribution in [3.63, 3.8) is 0 Å². The van der Waals surface area contributed by atoms with E-state index in [0.29, 0.717) is 24.8 Å². The van der Waals surface area contributed by atoms with Crippen LogP contribution in [0.5, 0.6) is 0 Å². The molecule has 1 saturated carbocycles. The minimum absolute atomic E-state index is 0.0152. The van der Waals surface area contributed by atoms with Gasteiger partial charge in [0.1, 0.15) is 18.6 Å². The summed E-state index contributed by atoms with van der Waals surface area (Å²) in [5.74, 6) is -4.83. The normalized spacial score (nSPS) is 19.1. The quantitative estimate of drug-likeness (QED) is 0.0586. The highest BCUT2D eigenvalue weighted by molar-refractivity contribution is 8.00. The Balaban J connectivity index is 3.02. The lowest BCUT2D eigenvalue weighted by Crippen LogP contribution is -2.49. The zero-order valence-electron chi connectivity index (χ0n) is 24.7. The fourth-order valence-corrected chi connectivity index (χ4v) is 5.83. The van der Waals surface area contributed by atoms with Crippen molar-refractivity contribution in [2.24, 2.45) is 11.7 Å². The molecule has 13 heteroatoms. The maximum absolute atomic E-state index is 13.0. The first-order valence-electron chi connectivity index (χ1n) is 14.6. The Hall–Kier alpha value is -3.45. The number of hydrogen-bond acceptors (Lipinski definition) is 8. The Labute approximate surface area is 256 Å². The molecule has 0 aliphatic heterocycles. The molecular weight excluding hydrogens is 578 g/mol. The molecule has 1 aliphatic rings. The minimum Gasteiger partial charge on any atom is -0.481 e. The zero-order chi connectivity index (χ0) is 32.2. The van der Waals surface area contributed by atoms with E-state index in [1.165, 1.54) is 11.8 Å². The monoisotopic (exact) mass is 623 g/mol. The molecule has 1 fully saturated rings. The number of allylic oxidation sites excluding steroid dienone is 6. The first-order valence-corrected chi connectivity index (χ1v) is 15.7. The standard InChI is InChI=1S/C30H45N3O9S/c1-2-3-4-5-6-9-12-20-21(13-10-7-8-11-14-27(36)37)25(17-24(20)34)43-19-23(29(40)32-18-28(38)39)33-26(35)16-15-22(31)30(41)42/h6-7,9-10,12,21-23,25H,2-5,8,11,13-19,31H2,1H3,(H,32,40)(H,33,35)(H,36,37)(H,38,39)(H,41,42). The number of amides is 2. The molecule has 0 bridgehead atoms. The Morgan fingerprint density at radius 2 is 1.72 bits per heavy atom. The third-order valence-corrected chi connectivity index (χ3v) is 8.25. The summed E-state index contributed by atoms with van der Waals surface area (Å²) in [4.78, 5) is 71.0. The fourth-order valence-electron chi connectivity index (χ4n) is 4.40. The number of nitrogens with two attached hydrogens (primary N) is 1. The topological polar surface area (TPSA) is 213 Å². The third kappa shape index (κ3) is 16.1. The number of Topliss-reactive ketones (excluding diaryl/α,β-unsaturated/α-hetero) is 1. The van der Waals surface area contributed by atoms with Gasteiger partial charge in [0.15, 0.2) is 5.78 Å². The van der Waals surface area contributed by atoms with Crippen LogP contribution in [0.1, 0.15) is 77.6 Å². The van der Waals surface area contributed by atoms with Crippen molar-refractivity contribution in [1.29, 1.82) is 0 Å². The highest BCUT2D eigenvalue weighted by Gasteiger charge is 2.38. The summed E-state index contributed by atoms with van der Waals surface area (Å²) in [6.07, 6.45) is 15.3. The molecule has 7 N–H and O–H groups in total. The molecule has 0 aromatic carbocycles. The second kappa shape index (κ2) is 21.3. The van der Waals surface area contributed by atoms with Crippen molar-refractivity contribution in [2.75, 3.05) is 12.3 Å². The first-order chi connectivity index (χ1) is 20.5. The fraction of sp³-hybridized carbons (Fsp3) is 0.600. The Bertz CT molecular complexity index is 1060. The van der Waals surface area contributed by atoms with Crippen LogP contribution in [-0.4, -0.2) is 80.5 Å². The summed E-state index contributed by atoms with van der Waals surface area (Å²) in [5, 5.41) is 31.3. The predicted molar refractivity (Wildman–Crippen MR) is 163 cm³/mol. The van der Waals surface area contributed by atoms with Crippen LogP contribution in [0.3, 0.4) is 0 Å². The van der Waals surface area contributed by atoms with Crippen molar-refractivity contribution in [3.05, 3.63) is 36.0 Å². The van der Waals surface area contributed by atoms with Crippen molar-refractivity contribution in [3.8, 4) is 0 Å². The van der Waals surface area contributed by atoms with E-state index in [-0.39, 0.29) is 48.4 Å². The van der Waals surface area contributed by atoms with Crippen LogP contribution in [0.15, 0.2) is 36.0 Å². The highest BCUT2D eigenvalue weighted by atomic mass is 32.2. The number of carboxylic acid groups (broad SMARTS) is 3. The average molecular weight is 624 g/mol. The van der Waals surface area contributed by atoms with E-state index in [2.05, 4.69) is 17.6 Å². The van der Waals surface area contributed by atoms with Gasteiger partial charge in [0, 0.05) is 36.2 Å². The van der Waals surface area contributed by atoms with Crippen molar-refractivity contribution in [2.45, 2.75) is 94.9 Å². The van der Waals surface area contributed by atoms with Crippen LogP contribution in [0.25, 0.3) is 0 Å². The number of rotatable bonds is 22. The van der Waals surface area contributed by atoms with E-state index >= 15 is 0 Å². The predicted octanol–water partition coefficient (Wildman–Crippen LogP) is 2.82. The van der Waals surface area contributed by atoms with E-state index in [4.69, 9.17) is 21.1 Å². The van der Waals surface area contributed by atoms with Crippen LogP contribution in [-0.2, 0) is 28.8 Å². The number of nitrogens with one attached hydrogen (secondary N) is 2. The van der Waals surface area contributed by atoms with Gasteiger partial charge in [-0.25, -0.2) is 0 Å². The summed E-state index contributed by atoms with van der Waals surface area (Å²) >= 11 is 1.32. The van der Waals surface area contributed by atoms with Gasteiger partial charge in [-0.3, -0.25) is 28.8 Å². The summed E-state index contributed by atoms with van der Waals surface area (Å²) in [6, 6.07) is -2.36. The van der Waals surface area contributed by atoms with Gasteiger partial charge in [-0.2, -0.15) is 11.8 Å². The van der Waals surface area contributed by atoms with Crippen LogP contribution < -0.4 is 16.4 Å². The molecule has 4 unspecified atom stereocenters. The maximum atomic E-state index is 13.0. The molecule has 0 saturated heterocycles. The molecule has 1 rings (SSSR count). The lowest BCUT2D eigenvalue weighted by Gasteiger charge is -2.22. The SMILES string of the molecule is CCCCCC=CC=C1C(=O)CC(SCC(NC(=O)CCC(N)C(=O)O)C(=O)NCC(=O)O)C1CC=CCCCC(=O)O. The molecule has 1 aliphatic carbocycles. The van der Waals surface area contributed by atoms with Crippen molar-refractivity contribution < 1.29 is 44.1 Å². The van der Waals surface area contributed by atoms with Gasteiger partial charge in [0.2, 0.25) is 11.8 Å². The van der Waals surface area contributed by atoms with Crippen molar-refractivity contribution >= 4 is 47.3 Å². The average Bonchev–Trinajstić information content (AvgIpc) is 3.25. The second-order valence-corrected chi connectivity index (χ2v) is 11.6. The Morgan fingerprint density at radius 3 is 2.37 bits per heavy atom. The molecular formula is C30H45N3O9S. The van der Waals surface area contributed by atoms with Crippen molar-refractivity contribution in [1.82, 2.24) is 10.6 Å². The number of thioether (sulfide) groups is 1. The zero-order valence-corrected chi connectivity index (χ0v) is 25.5. The molecule has 12 nitrogen and oxygen atoms in total. The Kier molecular flexibility index (Phi) is 18.6. The van der Waals surface area contributed by atoms with Gasteiger partial charge in [-0.05, 0) is 44.1 Å². The number of unbranched alkanes of at least 4 members (excludes halogenated alkanes) is 4. The maximum Gasteiger partial charge on any atom is 0.322 e. The third-order valence-electron chi connectivity index (χ3n) is 6.80. The molecule has 240 valence electrons. The van der Waals surface area contributed by atoms with Gasteiger partial charge in [-0.15, -0.1) is 0 Å². The lowest BCUT2D eigenvalue weighted by atomic mass is 9.97. The smallest absolute Gasteiger partial charge is 0.322 e. The molecule has 0 aromatic rings. The molecule has 0 aromatic heterocycles. The number of ketones is 1. The number of hydrogen-bond donors (Lipinski definition) is 6. The van der Waals surface area contributed by atoms with Crippen LogP contribution in [0, 0.1) is 5.92 Å². The number of carboxylic acids is 3. The largest absolute Gasteiger partial charge is 0.481 e. The summed E-state index contributed by atoms with van der Waals surface area (Å²) in [7, 11) is 0. The van der Waals surface area contributed by atoms with E-state index in [9.17, 15) is 28.8 Å². The number of carbonyl (C=O) groups is 6. The van der Waals surface area contributed by atoms with Crippen LogP contribution in [0.2, 0.25) is 0 Å². The second-order valence-electron chi connectivity index (χ2n) is 10.4. The summed E-state index contributed by atoms with van der Waals surface area (Å²) in [6.45, 7) is 1.48. The van der Waals surface area contributed by atoms with E-state index < -0.39 is 48.4 Å². The van der Waals surface area contributed by atoms with E-state index in [1.807, 2.05) is 30.4 Å². The lowest BCUT2D eigenvalue weighted by molar-refractivity contribution is -0.139. The summed E-state index contributed by atoms with van der Waals surface area (Å²) in [5.41, 5.74) is 6.13. The summed E-state index contributed by atoms with van der Waals surface area (Å²) < 4.78 is 0. The number of aliphatic carboxylic acids is 3. The van der Waals surface area contributed by atoms with Crippen LogP contribution in [0.4, 0.5) is 0 Å². The molecule has 0 heterocycles. The molecule has 2 amide bonds. The van der Waals surface area contributed by atoms with Gasteiger partial charge in [0.05, 0.1) is 0 Å². The highest BCUT2D eigenvalue weighted by Crippen LogP contribution is 2.39. The molecule has 0 spiro atoms. The van der Waals surface area contributed by atoms with Gasteiger partial charge >= 0.3 is 17.9 Å². The minimum atomic E-state index is -1.26. The number of carbonyl (C=O) groups excluding carboxylic acids is 3. The molecule has 43 heavy (non-hydrogen) atoms. The van der Waals surface area contributed by atoms with Gasteiger partial charge in [0.25, 0.3) is 0 Å². The van der Waals surface area contributed by atoms with Gasteiger partial charge in [-0.1, -0.05) is 50.1 Å². The van der Waals surface area contributed by atoms with E-state index in [1.54, 1.807) is 0 Å².